The number of nitrogens with zero attached hydrogens (tertiary/aromatic N) is 1. The average Bonchev–Trinajstić information content (AvgIpc) is 2.37. The van der Waals surface area contributed by atoms with Crippen LogP contribution in [0.3, 0.4) is 0 Å². The van der Waals surface area contributed by atoms with Gasteiger partial charge in [-0.05, 0) is 17.0 Å². The van der Waals surface area contributed by atoms with Gasteiger partial charge < -0.3 is 15.4 Å². The molecule has 1 saturated heterocycles. The van der Waals surface area contributed by atoms with Gasteiger partial charge in [-0.2, -0.15) is 0 Å². The van der Waals surface area contributed by atoms with Crippen LogP contribution >= 0.6 is 0 Å². The molecule has 1 unspecified atom stereocenters. The molecule has 1 aromatic heterocycles. The highest BCUT2D eigenvalue weighted by atomic mass is 16.5. The molecule has 0 saturated carbocycles. The Morgan fingerprint density at radius 2 is 2.28 bits per heavy atom. The molecule has 18 heavy (non-hydrogen) atoms. The minimum Gasteiger partial charge on any atom is -0.374 e. The van der Waals surface area contributed by atoms with Crippen LogP contribution in [-0.4, -0.2) is 37.3 Å². The van der Waals surface area contributed by atoms with Gasteiger partial charge >= 0.3 is 0 Å². The third kappa shape index (κ3) is 3.68. The number of morpholine rings is 1. The van der Waals surface area contributed by atoms with Crippen LogP contribution in [0.1, 0.15) is 26.3 Å². The number of aromatic nitrogens is 1. The zero-order chi connectivity index (χ0) is 13.0. The third-order valence-corrected chi connectivity index (χ3v) is 3.14. The molecule has 4 heteroatoms. The van der Waals surface area contributed by atoms with Crippen LogP contribution in [0.15, 0.2) is 18.3 Å². The smallest absolute Gasteiger partial charge is 0.125 e. The van der Waals surface area contributed by atoms with Crippen LogP contribution in [0.25, 0.3) is 0 Å². The van der Waals surface area contributed by atoms with Crippen molar-refractivity contribution in [3.05, 3.63) is 23.9 Å². The van der Waals surface area contributed by atoms with E-state index >= 15 is 0 Å². The van der Waals surface area contributed by atoms with E-state index in [4.69, 9.17) is 4.74 Å². The largest absolute Gasteiger partial charge is 0.374 e. The maximum atomic E-state index is 5.62. The van der Waals surface area contributed by atoms with Crippen LogP contribution in [-0.2, 0) is 10.2 Å². The monoisotopic (exact) mass is 249 g/mol. The van der Waals surface area contributed by atoms with Gasteiger partial charge in [0.05, 0.1) is 12.7 Å². The molecular formula is C14H23N3O. The lowest BCUT2D eigenvalue weighted by Gasteiger charge is -2.24. The summed E-state index contributed by atoms with van der Waals surface area (Å²) in [6.45, 7) is 10.0. The molecule has 0 aliphatic carbocycles. The van der Waals surface area contributed by atoms with Crippen LogP contribution in [0.2, 0.25) is 0 Å². The normalized spacial score (nSPS) is 20.7. The Morgan fingerprint density at radius 1 is 1.44 bits per heavy atom. The minimum atomic E-state index is 0.155. The van der Waals surface area contributed by atoms with Crippen molar-refractivity contribution in [2.75, 3.05) is 31.6 Å². The Labute approximate surface area is 109 Å². The predicted octanol–water partition coefficient (Wildman–Crippen LogP) is 1.78. The lowest BCUT2D eigenvalue weighted by molar-refractivity contribution is 0.0372. The van der Waals surface area contributed by atoms with Gasteiger partial charge in [0, 0.05) is 25.8 Å². The van der Waals surface area contributed by atoms with Crippen molar-refractivity contribution in [1.29, 1.82) is 0 Å². The number of pyridine rings is 1. The molecule has 1 atom stereocenters. The minimum absolute atomic E-state index is 0.155. The highest BCUT2D eigenvalue weighted by Crippen LogP contribution is 2.21. The Balaban J connectivity index is 1.86. The summed E-state index contributed by atoms with van der Waals surface area (Å²) < 4.78 is 5.62. The molecule has 2 heterocycles. The second-order valence-corrected chi connectivity index (χ2v) is 5.76. The molecule has 0 bridgehead atoms. The van der Waals surface area contributed by atoms with E-state index in [1.807, 2.05) is 12.3 Å². The van der Waals surface area contributed by atoms with Gasteiger partial charge in [0.15, 0.2) is 0 Å². The summed E-state index contributed by atoms with van der Waals surface area (Å²) >= 11 is 0. The molecule has 0 amide bonds. The van der Waals surface area contributed by atoms with E-state index in [0.717, 1.165) is 32.1 Å². The topological polar surface area (TPSA) is 46.2 Å². The fraction of sp³-hybridized carbons (Fsp3) is 0.643. The van der Waals surface area contributed by atoms with Crippen LogP contribution < -0.4 is 10.6 Å². The summed E-state index contributed by atoms with van der Waals surface area (Å²) in [7, 11) is 0. The maximum Gasteiger partial charge on any atom is 0.125 e. The van der Waals surface area contributed by atoms with E-state index in [2.05, 4.69) is 42.5 Å². The maximum absolute atomic E-state index is 5.62. The first-order valence-electron chi connectivity index (χ1n) is 6.58. The van der Waals surface area contributed by atoms with Crippen molar-refractivity contribution < 1.29 is 4.74 Å². The van der Waals surface area contributed by atoms with Crippen LogP contribution in [0.5, 0.6) is 0 Å². The number of anilines is 1. The first-order chi connectivity index (χ1) is 8.55. The van der Waals surface area contributed by atoms with Crippen molar-refractivity contribution in [3.8, 4) is 0 Å². The molecule has 1 aromatic rings. The molecule has 2 N–H and O–H groups in total. The van der Waals surface area contributed by atoms with Crippen LogP contribution in [0.4, 0.5) is 5.82 Å². The second kappa shape index (κ2) is 5.67. The van der Waals surface area contributed by atoms with Crippen molar-refractivity contribution in [3.63, 3.8) is 0 Å². The van der Waals surface area contributed by atoms with E-state index in [0.29, 0.717) is 0 Å². The van der Waals surface area contributed by atoms with Gasteiger partial charge in [-0.25, -0.2) is 4.98 Å². The van der Waals surface area contributed by atoms with Crippen molar-refractivity contribution in [2.45, 2.75) is 32.3 Å². The fourth-order valence-electron chi connectivity index (χ4n) is 1.91. The molecule has 1 aliphatic heterocycles. The van der Waals surface area contributed by atoms with E-state index in [-0.39, 0.29) is 11.5 Å². The number of hydrogen-bond acceptors (Lipinski definition) is 4. The number of ether oxygens (including phenoxy) is 1. The predicted molar refractivity (Wildman–Crippen MR) is 74.0 cm³/mol. The van der Waals surface area contributed by atoms with E-state index in [9.17, 15) is 0 Å². The first kappa shape index (κ1) is 13.3. The van der Waals surface area contributed by atoms with Gasteiger partial charge in [0.1, 0.15) is 5.82 Å². The highest BCUT2D eigenvalue weighted by Gasteiger charge is 2.15. The molecule has 0 radical (unpaired) electrons. The Hall–Kier alpha value is -1.13. The molecule has 4 nitrogen and oxygen atoms in total. The molecule has 100 valence electrons. The molecule has 0 spiro atoms. The Bertz CT molecular complexity index is 364. The zero-order valence-electron chi connectivity index (χ0n) is 11.5. The average molecular weight is 249 g/mol. The molecule has 2 rings (SSSR count). The van der Waals surface area contributed by atoms with E-state index in [1.165, 1.54) is 5.56 Å². The fourth-order valence-corrected chi connectivity index (χ4v) is 1.91. The number of rotatable bonds is 3. The first-order valence-corrected chi connectivity index (χ1v) is 6.58. The van der Waals surface area contributed by atoms with Gasteiger partial charge in [0.25, 0.3) is 0 Å². The molecule has 1 fully saturated rings. The number of hydrogen-bond donors (Lipinski definition) is 2. The second-order valence-electron chi connectivity index (χ2n) is 5.76. The molecular weight excluding hydrogens is 226 g/mol. The van der Waals surface area contributed by atoms with Crippen molar-refractivity contribution in [1.82, 2.24) is 10.3 Å². The van der Waals surface area contributed by atoms with Crippen LogP contribution in [0, 0.1) is 0 Å². The summed E-state index contributed by atoms with van der Waals surface area (Å²) in [6.07, 6.45) is 2.19. The number of nitrogens with one attached hydrogen (secondary N) is 2. The van der Waals surface area contributed by atoms with E-state index < -0.39 is 0 Å². The van der Waals surface area contributed by atoms with Gasteiger partial charge in [0.2, 0.25) is 0 Å². The Morgan fingerprint density at radius 3 is 2.83 bits per heavy atom. The lowest BCUT2D eigenvalue weighted by atomic mass is 9.88. The standard InChI is InChI=1S/C14H23N3O/c1-14(2,3)11-4-5-13(16-8-11)17-10-12-9-15-6-7-18-12/h4-5,8,12,15H,6-7,9-10H2,1-3H3,(H,16,17). The molecule has 0 aromatic carbocycles. The summed E-state index contributed by atoms with van der Waals surface area (Å²) in [5.74, 6) is 0.914. The zero-order valence-corrected chi connectivity index (χ0v) is 11.5. The van der Waals surface area contributed by atoms with Gasteiger partial charge in [-0.15, -0.1) is 0 Å². The summed E-state index contributed by atoms with van der Waals surface area (Å²) in [5.41, 5.74) is 1.41. The highest BCUT2D eigenvalue weighted by molar-refractivity contribution is 5.37. The van der Waals surface area contributed by atoms with Gasteiger partial charge in [-0.3, -0.25) is 0 Å². The van der Waals surface area contributed by atoms with E-state index in [1.54, 1.807) is 0 Å². The quantitative estimate of drug-likeness (QED) is 0.857. The Kier molecular flexibility index (Phi) is 4.19. The van der Waals surface area contributed by atoms with Gasteiger partial charge in [-0.1, -0.05) is 26.8 Å². The third-order valence-electron chi connectivity index (χ3n) is 3.14. The van der Waals surface area contributed by atoms with Crippen molar-refractivity contribution in [2.24, 2.45) is 0 Å². The SMILES string of the molecule is CC(C)(C)c1ccc(NCC2CNCCO2)nc1. The van der Waals surface area contributed by atoms with Crippen molar-refractivity contribution >= 4 is 5.82 Å². The summed E-state index contributed by atoms with van der Waals surface area (Å²) in [6, 6.07) is 4.17. The summed E-state index contributed by atoms with van der Waals surface area (Å²) in [5, 5.41) is 6.63. The molecule has 1 aliphatic rings. The summed E-state index contributed by atoms with van der Waals surface area (Å²) in [4.78, 5) is 4.44. The lowest BCUT2D eigenvalue weighted by Crippen LogP contribution is -2.42.